The number of carbonyl (C=O) groups excluding carboxylic acids is 1. The van der Waals surface area contributed by atoms with Crippen LogP contribution in [0.5, 0.6) is 5.75 Å². The Kier molecular flexibility index (Phi) is 6.50. The van der Waals surface area contributed by atoms with E-state index in [0.29, 0.717) is 37.7 Å². The first kappa shape index (κ1) is 18.7. The third-order valence-corrected chi connectivity index (χ3v) is 5.29. The molecule has 2 aliphatic rings. The number of benzene rings is 1. The number of carboxylic acid groups (broad SMARTS) is 1. The van der Waals surface area contributed by atoms with Crippen LogP contribution in [0.25, 0.3) is 0 Å². The first-order valence-electron chi connectivity index (χ1n) is 9.49. The Morgan fingerprint density at radius 2 is 1.88 bits per heavy atom. The SMILES string of the molecule is O=C(CCC1CCCC1)NC1CCOCC1Oc1ccc(C(=O)O)cc1. The molecule has 2 fully saturated rings. The summed E-state index contributed by atoms with van der Waals surface area (Å²) in [5.74, 6) is 0.398. The third-order valence-electron chi connectivity index (χ3n) is 5.29. The summed E-state index contributed by atoms with van der Waals surface area (Å²) >= 11 is 0. The molecule has 6 nitrogen and oxygen atoms in total. The fourth-order valence-corrected chi connectivity index (χ4v) is 3.76. The van der Waals surface area contributed by atoms with Gasteiger partial charge in [0.2, 0.25) is 5.91 Å². The molecule has 1 saturated heterocycles. The summed E-state index contributed by atoms with van der Waals surface area (Å²) < 4.78 is 11.4. The number of hydrogen-bond donors (Lipinski definition) is 2. The molecule has 1 aromatic carbocycles. The van der Waals surface area contributed by atoms with Crippen LogP contribution in [-0.4, -0.2) is 42.3 Å². The maximum absolute atomic E-state index is 12.3. The molecule has 0 aromatic heterocycles. The number of aromatic carboxylic acids is 1. The molecule has 1 saturated carbocycles. The van der Waals surface area contributed by atoms with E-state index in [0.717, 1.165) is 6.42 Å². The van der Waals surface area contributed by atoms with Crippen molar-refractivity contribution >= 4 is 11.9 Å². The van der Waals surface area contributed by atoms with E-state index < -0.39 is 5.97 Å². The van der Waals surface area contributed by atoms with Crippen LogP contribution in [0.15, 0.2) is 24.3 Å². The van der Waals surface area contributed by atoms with E-state index in [1.54, 1.807) is 12.1 Å². The van der Waals surface area contributed by atoms with Gasteiger partial charge in [-0.15, -0.1) is 0 Å². The van der Waals surface area contributed by atoms with Crippen molar-refractivity contribution in [2.45, 2.75) is 57.1 Å². The molecular weight excluding hydrogens is 334 g/mol. The molecule has 1 aromatic rings. The molecule has 6 heteroatoms. The number of carbonyl (C=O) groups is 2. The third kappa shape index (κ3) is 5.21. The Bertz CT molecular complexity index is 609. The van der Waals surface area contributed by atoms with E-state index in [1.807, 2.05) is 0 Å². The van der Waals surface area contributed by atoms with Crippen LogP contribution in [-0.2, 0) is 9.53 Å². The minimum atomic E-state index is -0.968. The standard InChI is InChI=1S/C20H27NO5/c22-19(10-5-14-3-1-2-4-14)21-17-11-12-25-13-18(17)26-16-8-6-15(7-9-16)20(23)24/h6-9,14,17-18H,1-5,10-13H2,(H,21,22)(H,23,24). The second-order valence-electron chi connectivity index (χ2n) is 7.21. The zero-order chi connectivity index (χ0) is 18.4. The van der Waals surface area contributed by atoms with Crippen LogP contribution >= 0.6 is 0 Å². The van der Waals surface area contributed by atoms with Gasteiger partial charge in [-0.1, -0.05) is 25.7 Å². The van der Waals surface area contributed by atoms with E-state index in [2.05, 4.69) is 5.32 Å². The van der Waals surface area contributed by atoms with Gasteiger partial charge in [-0.25, -0.2) is 4.79 Å². The van der Waals surface area contributed by atoms with Crippen LogP contribution in [0.4, 0.5) is 0 Å². The Labute approximate surface area is 153 Å². The number of carboxylic acids is 1. The van der Waals surface area contributed by atoms with Crippen molar-refractivity contribution in [2.75, 3.05) is 13.2 Å². The van der Waals surface area contributed by atoms with Crippen LogP contribution in [0.3, 0.4) is 0 Å². The van der Waals surface area contributed by atoms with Gasteiger partial charge in [0, 0.05) is 13.0 Å². The van der Waals surface area contributed by atoms with E-state index in [4.69, 9.17) is 14.6 Å². The summed E-state index contributed by atoms with van der Waals surface area (Å²) in [5.41, 5.74) is 0.217. The average molecular weight is 361 g/mol. The van der Waals surface area contributed by atoms with Crippen molar-refractivity contribution in [2.24, 2.45) is 5.92 Å². The van der Waals surface area contributed by atoms with Gasteiger partial charge in [0.05, 0.1) is 18.2 Å². The summed E-state index contributed by atoms with van der Waals surface area (Å²) in [4.78, 5) is 23.2. The minimum Gasteiger partial charge on any atom is -0.486 e. The normalized spacial score (nSPS) is 23.5. The first-order valence-corrected chi connectivity index (χ1v) is 9.49. The van der Waals surface area contributed by atoms with Gasteiger partial charge in [0.1, 0.15) is 11.9 Å². The zero-order valence-corrected chi connectivity index (χ0v) is 15.0. The smallest absolute Gasteiger partial charge is 0.335 e. The number of hydrogen-bond acceptors (Lipinski definition) is 4. The first-order chi connectivity index (χ1) is 12.6. The van der Waals surface area contributed by atoms with Crippen LogP contribution in [0, 0.1) is 5.92 Å². The predicted molar refractivity (Wildman–Crippen MR) is 96.4 cm³/mol. The van der Waals surface area contributed by atoms with Crippen molar-refractivity contribution in [3.63, 3.8) is 0 Å². The highest BCUT2D eigenvalue weighted by Gasteiger charge is 2.29. The zero-order valence-electron chi connectivity index (χ0n) is 15.0. The minimum absolute atomic E-state index is 0.0821. The van der Waals surface area contributed by atoms with Crippen molar-refractivity contribution in [1.29, 1.82) is 0 Å². The number of ether oxygens (including phenoxy) is 2. The lowest BCUT2D eigenvalue weighted by atomic mass is 10.0. The fourth-order valence-electron chi connectivity index (χ4n) is 3.76. The highest BCUT2D eigenvalue weighted by atomic mass is 16.5. The molecule has 1 heterocycles. The largest absolute Gasteiger partial charge is 0.486 e. The van der Waals surface area contributed by atoms with Crippen molar-refractivity contribution in [3.05, 3.63) is 29.8 Å². The van der Waals surface area contributed by atoms with Crippen molar-refractivity contribution in [3.8, 4) is 5.75 Å². The fraction of sp³-hybridized carbons (Fsp3) is 0.600. The molecule has 1 amide bonds. The molecule has 1 aliphatic carbocycles. The van der Waals surface area contributed by atoms with Gasteiger partial charge in [0.15, 0.2) is 0 Å². The van der Waals surface area contributed by atoms with Gasteiger partial charge >= 0.3 is 5.97 Å². The van der Waals surface area contributed by atoms with Gasteiger partial charge in [-0.05, 0) is 43.0 Å². The summed E-state index contributed by atoms with van der Waals surface area (Å²) in [5, 5.41) is 12.1. The van der Waals surface area contributed by atoms with E-state index in [9.17, 15) is 9.59 Å². The highest BCUT2D eigenvalue weighted by molar-refractivity contribution is 5.87. The van der Waals surface area contributed by atoms with Gasteiger partial charge < -0.3 is 19.9 Å². The van der Waals surface area contributed by atoms with Gasteiger partial charge in [-0.3, -0.25) is 4.79 Å². The number of amides is 1. The Morgan fingerprint density at radius 1 is 1.15 bits per heavy atom. The summed E-state index contributed by atoms with van der Waals surface area (Å²) in [6.07, 6.45) is 7.08. The maximum atomic E-state index is 12.3. The number of rotatable bonds is 7. The molecule has 2 atom stereocenters. The van der Waals surface area contributed by atoms with E-state index in [1.165, 1.54) is 37.8 Å². The lowest BCUT2D eigenvalue weighted by Gasteiger charge is -2.32. The van der Waals surface area contributed by atoms with Crippen LogP contribution in [0.1, 0.15) is 55.3 Å². The van der Waals surface area contributed by atoms with Crippen LogP contribution < -0.4 is 10.1 Å². The molecule has 0 radical (unpaired) electrons. The molecule has 0 bridgehead atoms. The second kappa shape index (κ2) is 9.03. The van der Waals surface area contributed by atoms with Gasteiger partial charge in [-0.2, -0.15) is 0 Å². The lowest BCUT2D eigenvalue weighted by Crippen LogP contribution is -2.51. The summed E-state index contributed by atoms with van der Waals surface area (Å²) in [6, 6.07) is 6.21. The van der Waals surface area contributed by atoms with Crippen molar-refractivity contribution < 1.29 is 24.2 Å². The average Bonchev–Trinajstić information content (AvgIpc) is 3.16. The molecule has 1 aliphatic heterocycles. The van der Waals surface area contributed by atoms with Crippen LogP contribution in [0.2, 0.25) is 0 Å². The predicted octanol–water partition coefficient (Wildman–Crippen LogP) is 3.01. The molecule has 142 valence electrons. The monoisotopic (exact) mass is 361 g/mol. The second-order valence-corrected chi connectivity index (χ2v) is 7.21. The Balaban J connectivity index is 1.51. The number of nitrogens with one attached hydrogen (secondary N) is 1. The van der Waals surface area contributed by atoms with E-state index >= 15 is 0 Å². The molecule has 26 heavy (non-hydrogen) atoms. The topological polar surface area (TPSA) is 84.9 Å². The Hall–Kier alpha value is -2.08. The quantitative estimate of drug-likeness (QED) is 0.780. The van der Waals surface area contributed by atoms with E-state index in [-0.39, 0.29) is 23.6 Å². The molecule has 2 unspecified atom stereocenters. The molecule has 3 rings (SSSR count). The maximum Gasteiger partial charge on any atom is 0.335 e. The lowest BCUT2D eigenvalue weighted by molar-refractivity contribution is -0.124. The van der Waals surface area contributed by atoms with Gasteiger partial charge in [0.25, 0.3) is 0 Å². The Morgan fingerprint density at radius 3 is 2.58 bits per heavy atom. The molecule has 0 spiro atoms. The van der Waals surface area contributed by atoms with Crippen molar-refractivity contribution in [1.82, 2.24) is 5.32 Å². The molecular formula is C20H27NO5. The summed E-state index contributed by atoms with van der Waals surface area (Å²) in [7, 11) is 0. The molecule has 2 N–H and O–H groups in total. The summed E-state index contributed by atoms with van der Waals surface area (Å²) in [6.45, 7) is 1.01. The highest BCUT2D eigenvalue weighted by Crippen LogP contribution is 2.28.